The van der Waals surface area contributed by atoms with Gasteiger partial charge in [0.2, 0.25) is 5.95 Å². The van der Waals surface area contributed by atoms with Gasteiger partial charge in [0.05, 0.1) is 11.7 Å². The zero-order valence-electron chi connectivity index (χ0n) is 15.5. The minimum Gasteiger partial charge on any atom is -0.365 e. The maximum Gasteiger partial charge on any atom is 0.255 e. The summed E-state index contributed by atoms with van der Waals surface area (Å²) in [5.74, 6) is 0.469. The van der Waals surface area contributed by atoms with Gasteiger partial charge in [0, 0.05) is 55.9 Å². The van der Waals surface area contributed by atoms with Crippen LogP contribution in [-0.4, -0.2) is 39.7 Å². The molecule has 2 fully saturated rings. The first-order chi connectivity index (χ1) is 13.6. The normalized spacial score (nSPS) is 20.8. The van der Waals surface area contributed by atoms with Gasteiger partial charge in [-0.3, -0.25) is 14.3 Å². The summed E-state index contributed by atoms with van der Waals surface area (Å²) in [6, 6.07) is 12.6. The van der Waals surface area contributed by atoms with Gasteiger partial charge in [-0.1, -0.05) is 6.07 Å². The van der Waals surface area contributed by atoms with E-state index >= 15 is 0 Å². The number of pyridine rings is 1. The number of hydrogen-bond donors (Lipinski definition) is 0. The number of anilines is 2. The zero-order chi connectivity index (χ0) is 19.3. The topological polar surface area (TPSA) is 54.3 Å². The van der Waals surface area contributed by atoms with Crippen LogP contribution in [0.25, 0.3) is 11.3 Å². The van der Waals surface area contributed by atoms with Crippen molar-refractivity contribution in [1.82, 2.24) is 14.5 Å². The molecule has 0 N–H and O–H groups in total. The summed E-state index contributed by atoms with van der Waals surface area (Å²) in [5.41, 5.74) is 2.37. The Hall–Kier alpha value is -3.22. The maximum atomic E-state index is 13.6. The Kier molecular flexibility index (Phi) is 3.89. The molecule has 6 nitrogen and oxygen atoms in total. The van der Waals surface area contributed by atoms with E-state index < -0.39 is 0 Å². The molecule has 1 aromatic carbocycles. The fourth-order valence-corrected chi connectivity index (χ4v) is 4.34. The van der Waals surface area contributed by atoms with E-state index in [1.54, 1.807) is 42.2 Å². The lowest BCUT2D eigenvalue weighted by Gasteiger charge is -2.36. The third-order valence-corrected chi connectivity index (χ3v) is 5.72. The van der Waals surface area contributed by atoms with Crippen molar-refractivity contribution >= 4 is 11.6 Å². The van der Waals surface area contributed by atoms with Gasteiger partial charge in [-0.2, -0.15) is 0 Å². The van der Waals surface area contributed by atoms with Crippen molar-refractivity contribution in [3.8, 4) is 11.3 Å². The molecule has 2 saturated heterocycles. The Morgan fingerprint density at radius 1 is 1.04 bits per heavy atom. The van der Waals surface area contributed by atoms with E-state index in [1.807, 2.05) is 18.2 Å². The third-order valence-electron chi connectivity index (χ3n) is 5.72. The summed E-state index contributed by atoms with van der Waals surface area (Å²) in [6.45, 7) is 1.56. The minimum absolute atomic E-state index is 0.0819. The highest BCUT2D eigenvalue weighted by Crippen LogP contribution is 2.36. The van der Waals surface area contributed by atoms with Gasteiger partial charge in [0.25, 0.3) is 5.56 Å². The van der Waals surface area contributed by atoms with Crippen molar-refractivity contribution in [2.24, 2.45) is 7.05 Å². The molecule has 2 aliphatic heterocycles. The van der Waals surface area contributed by atoms with Crippen LogP contribution >= 0.6 is 0 Å². The molecule has 2 unspecified atom stereocenters. The second-order valence-corrected chi connectivity index (χ2v) is 7.40. The summed E-state index contributed by atoms with van der Waals surface area (Å²) in [5, 5.41) is 0. The average molecular weight is 377 g/mol. The predicted octanol–water partition coefficient (Wildman–Crippen LogP) is 2.45. The van der Waals surface area contributed by atoms with E-state index in [9.17, 15) is 9.18 Å². The van der Waals surface area contributed by atoms with Crippen LogP contribution in [0, 0.1) is 5.82 Å². The first kappa shape index (κ1) is 16.9. The van der Waals surface area contributed by atoms with Gasteiger partial charge in [0.15, 0.2) is 0 Å². The predicted molar refractivity (Wildman–Crippen MR) is 106 cm³/mol. The van der Waals surface area contributed by atoms with Crippen LogP contribution in [0.15, 0.2) is 59.7 Å². The second-order valence-electron chi connectivity index (χ2n) is 7.40. The molecule has 4 heterocycles. The number of fused-ring (bicyclic) bond motifs is 2. The number of aromatic nitrogens is 3. The molecule has 0 aliphatic carbocycles. The fraction of sp³-hybridized carbons (Fsp3) is 0.286. The SMILES string of the molecule is Cn1c(N2CC3CC2CN3c2cccc(F)c2)nc(-c2ccncc2)cc1=O. The van der Waals surface area contributed by atoms with E-state index in [0.29, 0.717) is 11.6 Å². The van der Waals surface area contributed by atoms with Crippen LogP contribution in [-0.2, 0) is 7.05 Å². The van der Waals surface area contributed by atoms with Crippen LogP contribution in [0.1, 0.15) is 6.42 Å². The molecule has 2 atom stereocenters. The molecule has 28 heavy (non-hydrogen) atoms. The van der Waals surface area contributed by atoms with Crippen LogP contribution in [0.2, 0.25) is 0 Å². The standard InChI is InChI=1S/C21H20FN5O/c1-25-20(28)11-19(14-5-7-23-8-6-14)24-21(25)27-13-17-10-18(27)12-26(17)16-4-2-3-15(22)9-16/h2-9,11,17-18H,10,12-13H2,1H3. The number of hydrogen-bond acceptors (Lipinski definition) is 5. The van der Waals surface area contributed by atoms with Crippen molar-refractivity contribution < 1.29 is 4.39 Å². The molecule has 2 aromatic heterocycles. The number of benzene rings is 1. The van der Waals surface area contributed by atoms with E-state index in [0.717, 1.165) is 30.8 Å². The lowest BCUT2D eigenvalue weighted by molar-refractivity contribution is 0.606. The van der Waals surface area contributed by atoms with E-state index in [2.05, 4.69) is 14.8 Å². The maximum absolute atomic E-state index is 13.6. The van der Waals surface area contributed by atoms with Gasteiger partial charge in [-0.25, -0.2) is 9.37 Å². The van der Waals surface area contributed by atoms with Gasteiger partial charge in [-0.05, 0) is 36.8 Å². The van der Waals surface area contributed by atoms with Crippen LogP contribution in [0.5, 0.6) is 0 Å². The monoisotopic (exact) mass is 377 g/mol. The number of nitrogens with zero attached hydrogens (tertiary/aromatic N) is 5. The molecule has 2 aliphatic rings. The lowest BCUT2D eigenvalue weighted by atomic mass is 10.2. The van der Waals surface area contributed by atoms with Crippen LogP contribution in [0.3, 0.4) is 0 Å². The Morgan fingerprint density at radius 3 is 2.50 bits per heavy atom. The number of halogens is 1. The molecule has 0 radical (unpaired) electrons. The molecule has 2 bridgehead atoms. The summed E-state index contributed by atoms with van der Waals surface area (Å²) in [4.78, 5) is 25.9. The lowest BCUT2D eigenvalue weighted by Crippen LogP contribution is -2.48. The summed E-state index contributed by atoms with van der Waals surface area (Å²) >= 11 is 0. The highest BCUT2D eigenvalue weighted by Gasteiger charge is 2.44. The first-order valence-electron chi connectivity index (χ1n) is 9.37. The van der Waals surface area contributed by atoms with Crippen molar-refractivity contribution in [3.05, 3.63) is 71.0 Å². The van der Waals surface area contributed by atoms with Crippen molar-refractivity contribution in [1.29, 1.82) is 0 Å². The molecular formula is C21H20FN5O. The molecule has 0 spiro atoms. The van der Waals surface area contributed by atoms with Crippen molar-refractivity contribution in [3.63, 3.8) is 0 Å². The molecule has 0 saturated carbocycles. The summed E-state index contributed by atoms with van der Waals surface area (Å²) in [6.07, 6.45) is 4.37. The summed E-state index contributed by atoms with van der Waals surface area (Å²) < 4.78 is 15.2. The summed E-state index contributed by atoms with van der Waals surface area (Å²) in [7, 11) is 1.76. The second kappa shape index (κ2) is 6.44. The highest BCUT2D eigenvalue weighted by atomic mass is 19.1. The van der Waals surface area contributed by atoms with Crippen molar-refractivity contribution in [2.45, 2.75) is 18.5 Å². The molecule has 142 valence electrons. The molecular weight excluding hydrogens is 357 g/mol. The van der Waals surface area contributed by atoms with Gasteiger partial charge < -0.3 is 9.80 Å². The number of rotatable bonds is 3. The molecule has 7 heteroatoms. The smallest absolute Gasteiger partial charge is 0.255 e. The average Bonchev–Trinajstić information content (AvgIpc) is 3.31. The quantitative estimate of drug-likeness (QED) is 0.702. The zero-order valence-corrected chi connectivity index (χ0v) is 15.5. The first-order valence-corrected chi connectivity index (χ1v) is 9.37. The van der Waals surface area contributed by atoms with E-state index in [4.69, 9.17) is 4.98 Å². The van der Waals surface area contributed by atoms with E-state index in [-0.39, 0.29) is 23.5 Å². The van der Waals surface area contributed by atoms with Gasteiger partial charge >= 0.3 is 0 Å². The molecule has 0 amide bonds. The molecule has 5 rings (SSSR count). The Morgan fingerprint density at radius 2 is 1.79 bits per heavy atom. The van der Waals surface area contributed by atoms with E-state index in [1.165, 1.54) is 6.07 Å². The van der Waals surface area contributed by atoms with Crippen molar-refractivity contribution in [2.75, 3.05) is 22.9 Å². The highest BCUT2D eigenvalue weighted by molar-refractivity contribution is 5.61. The minimum atomic E-state index is -0.216. The fourth-order valence-electron chi connectivity index (χ4n) is 4.34. The third kappa shape index (κ3) is 2.74. The molecule has 3 aromatic rings. The number of piperazine rings is 1. The largest absolute Gasteiger partial charge is 0.365 e. The van der Waals surface area contributed by atoms with Crippen LogP contribution < -0.4 is 15.4 Å². The van der Waals surface area contributed by atoms with Crippen LogP contribution in [0.4, 0.5) is 16.0 Å². The van der Waals surface area contributed by atoms with Gasteiger partial charge in [0.1, 0.15) is 5.82 Å². The Bertz CT molecular complexity index is 1080. The Balaban J connectivity index is 1.46. The Labute approximate surface area is 161 Å². The van der Waals surface area contributed by atoms with Gasteiger partial charge in [-0.15, -0.1) is 0 Å².